The van der Waals surface area contributed by atoms with Crippen LogP contribution in [0.1, 0.15) is 13.8 Å². The lowest BCUT2D eigenvalue weighted by Crippen LogP contribution is -2.35. The minimum absolute atomic E-state index is 0.239. The van der Waals surface area contributed by atoms with Gasteiger partial charge >= 0.3 is 10.2 Å². The van der Waals surface area contributed by atoms with E-state index in [2.05, 4.69) is 14.7 Å². The number of imidazole rings is 1. The third-order valence-corrected chi connectivity index (χ3v) is 4.31. The summed E-state index contributed by atoms with van der Waals surface area (Å²) in [4.78, 5) is 7.10. The number of H-pyrrole nitrogens is 1. The topological polar surface area (TPSA) is 78.1 Å². The number of aromatic nitrogens is 2. The summed E-state index contributed by atoms with van der Waals surface area (Å²) in [5, 5.41) is 0. The van der Waals surface area contributed by atoms with Gasteiger partial charge in [-0.1, -0.05) is 26.0 Å². The second kappa shape index (κ2) is 4.95. The first-order valence-corrected chi connectivity index (χ1v) is 7.23. The van der Waals surface area contributed by atoms with Crippen molar-refractivity contribution in [2.75, 3.05) is 17.8 Å². The molecule has 1 aromatic heterocycles. The van der Waals surface area contributed by atoms with E-state index in [1.165, 1.54) is 4.31 Å². The molecule has 0 unspecified atom stereocenters. The Morgan fingerprint density at radius 2 is 1.94 bits per heavy atom. The standard InChI is InChI=1S/C11H16N4O2S/c1-3-15(4-2)18(16,17)14-11-12-9-7-5-6-8-10(9)13-11/h5-8H,3-4H2,1-2H3,(H2,12,13,14). The van der Waals surface area contributed by atoms with Gasteiger partial charge in [-0.25, -0.2) is 9.71 Å². The summed E-state index contributed by atoms with van der Waals surface area (Å²) in [6, 6.07) is 7.38. The molecule has 18 heavy (non-hydrogen) atoms. The fourth-order valence-corrected chi connectivity index (χ4v) is 2.90. The van der Waals surface area contributed by atoms with Gasteiger partial charge in [0.15, 0.2) is 0 Å². The molecule has 1 aromatic carbocycles. The number of fused-ring (bicyclic) bond motifs is 1. The van der Waals surface area contributed by atoms with E-state index in [9.17, 15) is 8.42 Å². The van der Waals surface area contributed by atoms with Crippen molar-refractivity contribution in [2.45, 2.75) is 13.8 Å². The predicted molar refractivity (Wildman–Crippen MR) is 71.6 cm³/mol. The molecule has 2 N–H and O–H groups in total. The first kappa shape index (κ1) is 12.8. The van der Waals surface area contributed by atoms with Crippen molar-refractivity contribution in [1.82, 2.24) is 14.3 Å². The largest absolute Gasteiger partial charge is 0.323 e. The van der Waals surface area contributed by atoms with E-state index in [1.807, 2.05) is 24.3 Å². The minimum Gasteiger partial charge on any atom is -0.323 e. The van der Waals surface area contributed by atoms with Crippen molar-refractivity contribution in [1.29, 1.82) is 0 Å². The normalized spacial score (nSPS) is 12.2. The highest BCUT2D eigenvalue weighted by Gasteiger charge is 2.19. The number of nitrogens with zero attached hydrogens (tertiary/aromatic N) is 2. The number of benzene rings is 1. The number of anilines is 1. The number of hydrogen-bond acceptors (Lipinski definition) is 3. The third kappa shape index (κ3) is 2.46. The van der Waals surface area contributed by atoms with Crippen LogP contribution in [0, 0.1) is 0 Å². The quantitative estimate of drug-likeness (QED) is 0.863. The Kier molecular flexibility index (Phi) is 3.53. The zero-order valence-corrected chi connectivity index (χ0v) is 11.2. The molecule has 0 spiro atoms. The molecular weight excluding hydrogens is 252 g/mol. The van der Waals surface area contributed by atoms with Crippen LogP contribution in [0.5, 0.6) is 0 Å². The SMILES string of the molecule is CCN(CC)S(=O)(=O)Nc1nc2ccccc2[nH]1. The van der Waals surface area contributed by atoms with Crippen LogP contribution in [0.4, 0.5) is 5.95 Å². The van der Waals surface area contributed by atoms with Crippen LogP contribution in [0.25, 0.3) is 11.0 Å². The maximum atomic E-state index is 12.0. The smallest absolute Gasteiger partial charge is 0.303 e. The van der Waals surface area contributed by atoms with E-state index in [0.717, 1.165) is 11.0 Å². The lowest BCUT2D eigenvalue weighted by Gasteiger charge is -2.17. The molecule has 0 fully saturated rings. The number of aromatic amines is 1. The van der Waals surface area contributed by atoms with Crippen molar-refractivity contribution < 1.29 is 8.42 Å². The number of hydrogen-bond donors (Lipinski definition) is 2. The van der Waals surface area contributed by atoms with Crippen LogP contribution >= 0.6 is 0 Å². The van der Waals surface area contributed by atoms with Crippen LogP contribution in [0.2, 0.25) is 0 Å². The van der Waals surface area contributed by atoms with E-state index in [0.29, 0.717) is 13.1 Å². The van der Waals surface area contributed by atoms with Crippen LogP contribution in [0.15, 0.2) is 24.3 Å². The van der Waals surface area contributed by atoms with Gasteiger partial charge in [0.25, 0.3) is 0 Å². The average Bonchev–Trinajstić information content (AvgIpc) is 2.71. The lowest BCUT2D eigenvalue weighted by molar-refractivity contribution is 0.449. The van der Waals surface area contributed by atoms with Gasteiger partial charge in [-0.05, 0) is 12.1 Å². The van der Waals surface area contributed by atoms with Gasteiger partial charge in [-0.2, -0.15) is 12.7 Å². The summed E-state index contributed by atoms with van der Waals surface area (Å²) in [6.07, 6.45) is 0. The molecule has 1 heterocycles. The number of para-hydroxylation sites is 2. The average molecular weight is 268 g/mol. The van der Waals surface area contributed by atoms with Gasteiger partial charge in [-0.3, -0.25) is 0 Å². The first-order valence-electron chi connectivity index (χ1n) is 5.79. The summed E-state index contributed by atoms with van der Waals surface area (Å²) in [6.45, 7) is 4.43. The molecule has 0 aliphatic rings. The Morgan fingerprint density at radius 1 is 1.28 bits per heavy atom. The van der Waals surface area contributed by atoms with Crippen LogP contribution in [0.3, 0.4) is 0 Å². The molecule has 0 aliphatic heterocycles. The maximum Gasteiger partial charge on any atom is 0.303 e. The molecule has 6 nitrogen and oxygen atoms in total. The number of nitrogens with one attached hydrogen (secondary N) is 2. The molecule has 2 aromatic rings. The van der Waals surface area contributed by atoms with E-state index in [4.69, 9.17) is 0 Å². The molecule has 0 amide bonds. The first-order chi connectivity index (χ1) is 8.56. The highest BCUT2D eigenvalue weighted by atomic mass is 32.2. The summed E-state index contributed by atoms with van der Waals surface area (Å²) < 4.78 is 27.8. The van der Waals surface area contributed by atoms with Gasteiger partial charge in [-0.15, -0.1) is 0 Å². The molecule has 0 atom stereocenters. The Bertz CT molecular complexity index is 598. The van der Waals surface area contributed by atoms with Crippen molar-refractivity contribution in [3.05, 3.63) is 24.3 Å². The van der Waals surface area contributed by atoms with Gasteiger partial charge in [0, 0.05) is 13.1 Å². The Morgan fingerprint density at radius 3 is 2.56 bits per heavy atom. The molecule has 2 rings (SSSR count). The summed E-state index contributed by atoms with van der Waals surface area (Å²) >= 11 is 0. The van der Waals surface area contributed by atoms with E-state index >= 15 is 0 Å². The molecule has 0 aliphatic carbocycles. The minimum atomic E-state index is -3.53. The molecule has 7 heteroatoms. The second-order valence-electron chi connectivity index (χ2n) is 3.79. The zero-order valence-electron chi connectivity index (χ0n) is 10.3. The van der Waals surface area contributed by atoms with Crippen LogP contribution < -0.4 is 4.72 Å². The maximum absolute atomic E-state index is 12.0. The molecule has 0 bridgehead atoms. The van der Waals surface area contributed by atoms with Gasteiger partial charge in [0.1, 0.15) is 0 Å². The van der Waals surface area contributed by atoms with Crippen molar-refractivity contribution in [3.8, 4) is 0 Å². The van der Waals surface area contributed by atoms with E-state index in [1.54, 1.807) is 13.8 Å². The Labute approximate surface area is 106 Å². The third-order valence-electron chi connectivity index (χ3n) is 2.66. The van der Waals surface area contributed by atoms with E-state index in [-0.39, 0.29) is 5.95 Å². The zero-order chi connectivity index (χ0) is 13.2. The monoisotopic (exact) mass is 268 g/mol. The van der Waals surface area contributed by atoms with Crippen molar-refractivity contribution in [3.63, 3.8) is 0 Å². The summed E-state index contributed by atoms with van der Waals surface area (Å²) in [5.74, 6) is 0.239. The molecular formula is C11H16N4O2S. The summed E-state index contributed by atoms with van der Waals surface area (Å²) in [7, 11) is -3.53. The Balaban J connectivity index is 2.28. The van der Waals surface area contributed by atoms with Crippen LogP contribution in [-0.4, -0.2) is 35.8 Å². The van der Waals surface area contributed by atoms with E-state index < -0.39 is 10.2 Å². The highest BCUT2D eigenvalue weighted by molar-refractivity contribution is 7.90. The molecule has 0 radical (unpaired) electrons. The van der Waals surface area contributed by atoms with Gasteiger partial charge in [0.2, 0.25) is 5.95 Å². The van der Waals surface area contributed by atoms with Crippen LogP contribution in [-0.2, 0) is 10.2 Å². The highest BCUT2D eigenvalue weighted by Crippen LogP contribution is 2.15. The lowest BCUT2D eigenvalue weighted by atomic mass is 10.3. The molecule has 0 saturated heterocycles. The fraction of sp³-hybridized carbons (Fsp3) is 0.364. The number of rotatable bonds is 5. The second-order valence-corrected chi connectivity index (χ2v) is 5.46. The fourth-order valence-electron chi connectivity index (χ4n) is 1.75. The molecule has 0 saturated carbocycles. The predicted octanol–water partition coefficient (Wildman–Crippen LogP) is 1.56. The van der Waals surface area contributed by atoms with Crippen molar-refractivity contribution >= 4 is 27.2 Å². The summed E-state index contributed by atoms with van der Waals surface area (Å²) in [5.41, 5.74) is 1.53. The van der Waals surface area contributed by atoms with Gasteiger partial charge < -0.3 is 4.98 Å². The Hall–Kier alpha value is -1.60. The van der Waals surface area contributed by atoms with Crippen molar-refractivity contribution in [2.24, 2.45) is 0 Å². The molecule has 98 valence electrons. The van der Waals surface area contributed by atoms with Gasteiger partial charge in [0.05, 0.1) is 11.0 Å².